The first-order chi connectivity index (χ1) is 12.1. The van der Waals surface area contributed by atoms with Gasteiger partial charge in [-0.15, -0.1) is 0 Å². The zero-order chi connectivity index (χ0) is 17.7. The summed E-state index contributed by atoms with van der Waals surface area (Å²) in [6.07, 6.45) is 7.67. The number of fused-ring (bicyclic) bond motifs is 1. The number of hydrogen-bond acceptors (Lipinski definition) is 3. The van der Waals surface area contributed by atoms with E-state index in [-0.39, 0.29) is 5.97 Å². The van der Waals surface area contributed by atoms with Gasteiger partial charge in [0.1, 0.15) is 5.75 Å². The van der Waals surface area contributed by atoms with E-state index in [1.807, 2.05) is 19.1 Å². The lowest BCUT2D eigenvalue weighted by Gasteiger charge is -2.51. The molecule has 2 saturated heterocycles. The van der Waals surface area contributed by atoms with Crippen molar-refractivity contribution in [3.8, 4) is 5.75 Å². The first-order valence-corrected chi connectivity index (χ1v) is 9.86. The summed E-state index contributed by atoms with van der Waals surface area (Å²) >= 11 is 0. The predicted molar refractivity (Wildman–Crippen MR) is 98.8 cm³/mol. The largest absolute Gasteiger partial charge is 0.494 e. The van der Waals surface area contributed by atoms with E-state index in [2.05, 4.69) is 7.05 Å². The number of carbonyl (C=O) groups is 1. The topological polar surface area (TPSA) is 35.5 Å². The zero-order valence-electron chi connectivity index (χ0n) is 15.7. The van der Waals surface area contributed by atoms with Crippen LogP contribution in [0.4, 0.5) is 0 Å². The van der Waals surface area contributed by atoms with E-state index < -0.39 is 0 Å². The number of piperidine rings is 2. The fraction of sp³-hybridized carbons (Fsp3) is 0.667. The zero-order valence-corrected chi connectivity index (χ0v) is 15.7. The van der Waals surface area contributed by atoms with Gasteiger partial charge in [-0.1, -0.05) is 0 Å². The van der Waals surface area contributed by atoms with Gasteiger partial charge in [-0.2, -0.15) is 0 Å². The highest BCUT2D eigenvalue weighted by atomic mass is 16.5. The van der Waals surface area contributed by atoms with Crippen LogP contribution >= 0.6 is 0 Å². The van der Waals surface area contributed by atoms with Crippen LogP contribution in [0, 0.1) is 5.92 Å². The van der Waals surface area contributed by atoms with Crippen molar-refractivity contribution < 1.29 is 18.8 Å². The highest BCUT2D eigenvalue weighted by molar-refractivity contribution is 5.89. The average Bonchev–Trinajstić information content (AvgIpc) is 2.62. The van der Waals surface area contributed by atoms with Crippen LogP contribution in [0.25, 0.3) is 0 Å². The summed E-state index contributed by atoms with van der Waals surface area (Å²) in [4.78, 5) is 12.2. The Bertz CT molecular complexity index is 567. The number of quaternary nitrogens is 1. The molecule has 3 rings (SSSR count). The number of benzene rings is 1. The molecule has 3 atom stereocenters. The van der Waals surface area contributed by atoms with Crippen molar-refractivity contribution in [3.05, 3.63) is 29.8 Å². The maximum absolute atomic E-state index is 12.2. The van der Waals surface area contributed by atoms with Gasteiger partial charge in [-0.25, -0.2) is 4.79 Å². The van der Waals surface area contributed by atoms with Gasteiger partial charge in [-0.3, -0.25) is 0 Å². The highest BCUT2D eigenvalue weighted by Crippen LogP contribution is 2.37. The Morgan fingerprint density at radius 3 is 2.64 bits per heavy atom. The summed E-state index contributed by atoms with van der Waals surface area (Å²) in [5, 5.41) is 0. The number of ether oxygens (including phenoxy) is 2. The molecular weight excluding hydrogens is 314 g/mol. The highest BCUT2D eigenvalue weighted by Gasteiger charge is 2.43. The standard InChI is InChI=1S/C21H32NO3/c1-3-24-19-11-9-18(10-12-19)21(23)25-16-13-17-7-6-15-22(2)14-5-4-8-20(17)22/h9-12,17,20H,3-8,13-16H2,1-2H3/q+1/t17-,20+,22-/m0/s1. The quantitative estimate of drug-likeness (QED) is 0.576. The van der Waals surface area contributed by atoms with E-state index >= 15 is 0 Å². The van der Waals surface area contributed by atoms with E-state index in [0.717, 1.165) is 18.2 Å². The number of carbonyl (C=O) groups excluding carboxylic acids is 1. The van der Waals surface area contributed by atoms with Crippen molar-refractivity contribution in [3.63, 3.8) is 0 Å². The van der Waals surface area contributed by atoms with Gasteiger partial charge in [0.15, 0.2) is 0 Å². The van der Waals surface area contributed by atoms with Gasteiger partial charge in [0.25, 0.3) is 0 Å². The Morgan fingerprint density at radius 1 is 1.12 bits per heavy atom. The molecule has 0 spiro atoms. The second-order valence-corrected chi connectivity index (χ2v) is 7.77. The summed E-state index contributed by atoms with van der Waals surface area (Å²) < 4.78 is 12.2. The normalized spacial score (nSPS) is 28.9. The van der Waals surface area contributed by atoms with Crippen molar-refractivity contribution in [2.24, 2.45) is 5.92 Å². The Balaban J connectivity index is 1.49. The molecule has 4 heteroatoms. The Labute approximate surface area is 151 Å². The minimum absolute atomic E-state index is 0.222. The Kier molecular flexibility index (Phi) is 6.00. The molecular formula is C21H32NO3+. The molecule has 2 fully saturated rings. The van der Waals surface area contributed by atoms with Gasteiger partial charge in [0, 0.05) is 5.92 Å². The summed E-state index contributed by atoms with van der Waals surface area (Å²) in [5.41, 5.74) is 0.602. The molecule has 1 aromatic rings. The first kappa shape index (κ1) is 18.2. The number of hydrogen-bond donors (Lipinski definition) is 0. The third kappa shape index (κ3) is 4.35. The third-order valence-corrected chi connectivity index (χ3v) is 6.13. The summed E-state index contributed by atoms with van der Waals surface area (Å²) in [5.74, 6) is 1.27. The molecule has 0 N–H and O–H groups in total. The molecule has 0 aliphatic carbocycles. The fourth-order valence-electron chi connectivity index (χ4n) is 4.81. The fourth-order valence-corrected chi connectivity index (χ4v) is 4.81. The summed E-state index contributed by atoms with van der Waals surface area (Å²) in [7, 11) is 2.43. The van der Waals surface area contributed by atoms with E-state index in [9.17, 15) is 4.79 Å². The van der Waals surface area contributed by atoms with Crippen LogP contribution in [-0.2, 0) is 4.74 Å². The Hall–Kier alpha value is -1.55. The second-order valence-electron chi connectivity index (χ2n) is 7.77. The SMILES string of the molecule is CCOc1ccc(C(=O)OCC[C@@H]2CCC[N@+]3(C)CCCC[C@H]23)cc1. The molecule has 138 valence electrons. The summed E-state index contributed by atoms with van der Waals surface area (Å²) in [6, 6.07) is 7.98. The van der Waals surface area contributed by atoms with E-state index in [4.69, 9.17) is 9.47 Å². The van der Waals surface area contributed by atoms with Crippen LogP contribution in [0.3, 0.4) is 0 Å². The van der Waals surface area contributed by atoms with Gasteiger partial charge in [0.05, 0.1) is 45.0 Å². The molecule has 25 heavy (non-hydrogen) atoms. The number of esters is 1. The van der Waals surface area contributed by atoms with E-state index in [1.165, 1.54) is 49.7 Å². The number of nitrogens with zero attached hydrogens (tertiary/aromatic N) is 1. The molecule has 0 aromatic heterocycles. The lowest BCUT2D eigenvalue weighted by Crippen LogP contribution is -2.60. The van der Waals surface area contributed by atoms with Crippen molar-refractivity contribution in [1.82, 2.24) is 0 Å². The average molecular weight is 346 g/mol. The molecule has 2 heterocycles. The minimum atomic E-state index is -0.222. The molecule has 0 unspecified atom stereocenters. The first-order valence-electron chi connectivity index (χ1n) is 9.86. The van der Waals surface area contributed by atoms with E-state index in [1.54, 1.807) is 12.1 Å². The van der Waals surface area contributed by atoms with Gasteiger partial charge in [-0.05, 0) is 69.7 Å². The monoisotopic (exact) mass is 346 g/mol. The van der Waals surface area contributed by atoms with Crippen LogP contribution in [0.2, 0.25) is 0 Å². The maximum Gasteiger partial charge on any atom is 0.338 e. The smallest absolute Gasteiger partial charge is 0.338 e. The van der Waals surface area contributed by atoms with Crippen molar-refractivity contribution in [2.45, 2.75) is 51.5 Å². The van der Waals surface area contributed by atoms with Crippen LogP contribution in [0.1, 0.15) is 55.8 Å². The molecule has 2 aliphatic rings. The van der Waals surface area contributed by atoms with Gasteiger partial charge in [0.2, 0.25) is 0 Å². The minimum Gasteiger partial charge on any atom is -0.494 e. The second kappa shape index (κ2) is 8.22. The lowest BCUT2D eigenvalue weighted by molar-refractivity contribution is -0.947. The summed E-state index contributed by atoms with van der Waals surface area (Å²) in [6.45, 7) is 5.76. The van der Waals surface area contributed by atoms with Crippen molar-refractivity contribution in [2.75, 3.05) is 33.4 Å². The van der Waals surface area contributed by atoms with Crippen molar-refractivity contribution in [1.29, 1.82) is 0 Å². The molecule has 4 nitrogen and oxygen atoms in total. The molecule has 0 saturated carbocycles. The Morgan fingerprint density at radius 2 is 1.88 bits per heavy atom. The molecule has 0 bridgehead atoms. The van der Waals surface area contributed by atoms with E-state index in [0.29, 0.717) is 24.7 Å². The number of rotatable bonds is 6. The van der Waals surface area contributed by atoms with Crippen LogP contribution < -0.4 is 4.74 Å². The van der Waals surface area contributed by atoms with Crippen molar-refractivity contribution >= 4 is 5.97 Å². The van der Waals surface area contributed by atoms with Crippen LogP contribution in [0.5, 0.6) is 5.75 Å². The third-order valence-electron chi connectivity index (χ3n) is 6.13. The molecule has 0 amide bonds. The molecule has 1 aromatic carbocycles. The van der Waals surface area contributed by atoms with Crippen LogP contribution in [0.15, 0.2) is 24.3 Å². The van der Waals surface area contributed by atoms with Crippen LogP contribution in [-0.4, -0.2) is 49.8 Å². The van der Waals surface area contributed by atoms with Gasteiger partial charge >= 0.3 is 5.97 Å². The molecule has 2 aliphatic heterocycles. The molecule has 0 radical (unpaired) electrons. The van der Waals surface area contributed by atoms with Gasteiger partial charge < -0.3 is 14.0 Å². The maximum atomic E-state index is 12.2. The lowest BCUT2D eigenvalue weighted by atomic mass is 9.80. The predicted octanol–water partition coefficient (Wildman–Crippen LogP) is 4.04.